The monoisotopic (exact) mass is 360 g/mol. The van der Waals surface area contributed by atoms with Crippen molar-refractivity contribution >= 4 is 17.5 Å². The van der Waals surface area contributed by atoms with Gasteiger partial charge < -0.3 is 15.1 Å². The smallest absolute Gasteiger partial charge is 0.291 e. The highest BCUT2D eigenvalue weighted by Gasteiger charge is 2.33. The Hall–Kier alpha value is -3.34. The first-order valence-corrected chi connectivity index (χ1v) is 9.01. The van der Waals surface area contributed by atoms with E-state index in [-0.39, 0.29) is 23.6 Å². The van der Waals surface area contributed by atoms with Crippen molar-refractivity contribution in [1.82, 2.24) is 5.32 Å². The number of hydrogen-bond acceptors (Lipinski definition) is 3. The molecule has 3 aromatic rings. The van der Waals surface area contributed by atoms with Crippen LogP contribution in [0.3, 0.4) is 0 Å². The topological polar surface area (TPSA) is 71.3 Å². The highest BCUT2D eigenvalue weighted by molar-refractivity contribution is 6.03. The Labute approximate surface area is 157 Å². The Bertz CT molecular complexity index is 931. The van der Waals surface area contributed by atoms with E-state index < -0.39 is 0 Å². The molecule has 1 unspecified atom stereocenters. The summed E-state index contributed by atoms with van der Waals surface area (Å²) >= 11 is 0. The summed E-state index contributed by atoms with van der Waals surface area (Å²) in [6.07, 6.45) is 3.69. The second-order valence-electron chi connectivity index (χ2n) is 6.71. The van der Waals surface area contributed by atoms with Gasteiger partial charge in [0.1, 0.15) is 0 Å². The van der Waals surface area contributed by atoms with Gasteiger partial charge in [0.05, 0.1) is 12.3 Å². The van der Waals surface area contributed by atoms with E-state index in [4.69, 9.17) is 4.42 Å². The molecule has 0 spiro atoms. The number of rotatable bonds is 6. The van der Waals surface area contributed by atoms with Gasteiger partial charge in [-0.3, -0.25) is 9.59 Å². The van der Waals surface area contributed by atoms with E-state index in [0.29, 0.717) is 17.2 Å². The van der Waals surface area contributed by atoms with Crippen molar-refractivity contribution in [1.29, 1.82) is 0 Å². The molecule has 1 heterocycles. The van der Waals surface area contributed by atoms with Crippen LogP contribution in [0.1, 0.15) is 45.4 Å². The number of carbonyl (C=O) groups excluding carboxylic acids is 2. The molecule has 1 aromatic heterocycles. The normalized spacial score (nSPS) is 14.4. The van der Waals surface area contributed by atoms with Crippen LogP contribution < -0.4 is 10.6 Å². The lowest BCUT2D eigenvalue weighted by molar-refractivity contribution is 0.0930. The average molecular weight is 360 g/mol. The van der Waals surface area contributed by atoms with Crippen LogP contribution in [0.15, 0.2) is 77.4 Å². The first-order chi connectivity index (χ1) is 13.2. The predicted octanol–water partition coefficient (Wildman–Crippen LogP) is 4.41. The standard InChI is InChI=1S/C22H20N2O3/c25-21(24-20(16-11-12-16)15-6-2-1-3-7-15)17-8-4-9-18(14-17)23-22(26)19-10-5-13-27-19/h1-10,13-14,16,20H,11-12H2,(H,23,26)(H,24,25). The van der Waals surface area contributed by atoms with Gasteiger partial charge in [-0.05, 0) is 54.7 Å². The van der Waals surface area contributed by atoms with Crippen molar-refractivity contribution < 1.29 is 14.0 Å². The first-order valence-electron chi connectivity index (χ1n) is 9.01. The van der Waals surface area contributed by atoms with E-state index in [1.165, 1.54) is 6.26 Å². The molecule has 1 aliphatic carbocycles. The van der Waals surface area contributed by atoms with Gasteiger partial charge in [0.25, 0.3) is 11.8 Å². The van der Waals surface area contributed by atoms with Crippen LogP contribution in [0.25, 0.3) is 0 Å². The lowest BCUT2D eigenvalue weighted by atomic mass is 10.0. The van der Waals surface area contributed by atoms with Gasteiger partial charge in [-0.2, -0.15) is 0 Å². The fourth-order valence-corrected chi connectivity index (χ4v) is 3.13. The quantitative estimate of drug-likeness (QED) is 0.684. The molecular weight excluding hydrogens is 340 g/mol. The van der Waals surface area contributed by atoms with Gasteiger partial charge in [0.2, 0.25) is 0 Å². The summed E-state index contributed by atoms with van der Waals surface area (Å²) in [5.41, 5.74) is 2.18. The first kappa shape index (κ1) is 17.1. The number of amides is 2. The van der Waals surface area contributed by atoms with Crippen LogP contribution in [0.5, 0.6) is 0 Å². The van der Waals surface area contributed by atoms with Crippen LogP contribution in [0.4, 0.5) is 5.69 Å². The molecule has 1 fully saturated rings. The van der Waals surface area contributed by atoms with Crippen LogP contribution in [0.2, 0.25) is 0 Å². The lowest BCUT2D eigenvalue weighted by Crippen LogP contribution is -2.30. The number of carbonyl (C=O) groups is 2. The van der Waals surface area contributed by atoms with Crippen molar-refractivity contribution in [3.8, 4) is 0 Å². The molecule has 0 aliphatic heterocycles. The van der Waals surface area contributed by atoms with Crippen molar-refractivity contribution in [2.75, 3.05) is 5.32 Å². The Balaban J connectivity index is 1.48. The van der Waals surface area contributed by atoms with Gasteiger partial charge >= 0.3 is 0 Å². The predicted molar refractivity (Wildman–Crippen MR) is 102 cm³/mol. The highest BCUT2D eigenvalue weighted by atomic mass is 16.3. The zero-order chi connectivity index (χ0) is 18.6. The van der Waals surface area contributed by atoms with Crippen LogP contribution in [-0.4, -0.2) is 11.8 Å². The minimum absolute atomic E-state index is 0.0140. The van der Waals surface area contributed by atoms with Gasteiger partial charge in [0.15, 0.2) is 5.76 Å². The molecule has 0 saturated heterocycles. The summed E-state index contributed by atoms with van der Waals surface area (Å²) in [6.45, 7) is 0. The number of anilines is 1. The molecule has 5 nitrogen and oxygen atoms in total. The molecule has 5 heteroatoms. The molecule has 136 valence electrons. The van der Waals surface area contributed by atoms with E-state index in [9.17, 15) is 9.59 Å². The average Bonchev–Trinajstić information content (AvgIpc) is 3.39. The molecule has 4 rings (SSSR count). The maximum absolute atomic E-state index is 12.8. The summed E-state index contributed by atoms with van der Waals surface area (Å²) in [6, 6.07) is 20.2. The van der Waals surface area contributed by atoms with Crippen LogP contribution >= 0.6 is 0 Å². The molecule has 0 radical (unpaired) electrons. The maximum Gasteiger partial charge on any atom is 0.291 e. The molecule has 2 amide bonds. The Morgan fingerprint density at radius 3 is 2.44 bits per heavy atom. The van der Waals surface area contributed by atoms with Crippen LogP contribution in [0, 0.1) is 5.92 Å². The number of furan rings is 1. The minimum Gasteiger partial charge on any atom is -0.459 e. The molecule has 1 atom stereocenters. The number of nitrogens with one attached hydrogen (secondary N) is 2. The van der Waals surface area contributed by atoms with E-state index in [1.807, 2.05) is 30.3 Å². The zero-order valence-corrected chi connectivity index (χ0v) is 14.7. The highest BCUT2D eigenvalue weighted by Crippen LogP contribution is 2.41. The SMILES string of the molecule is O=C(NC(c1ccccc1)C1CC1)c1cccc(NC(=O)c2ccco2)c1. The van der Waals surface area contributed by atoms with Crippen molar-refractivity contribution in [2.24, 2.45) is 5.92 Å². The van der Waals surface area contributed by atoms with E-state index in [0.717, 1.165) is 18.4 Å². The molecule has 0 bridgehead atoms. The van der Waals surface area contributed by atoms with E-state index in [2.05, 4.69) is 10.6 Å². The third kappa shape index (κ3) is 4.08. The Kier molecular flexibility index (Phi) is 4.75. The molecule has 2 aromatic carbocycles. The fraction of sp³-hybridized carbons (Fsp3) is 0.182. The molecule has 27 heavy (non-hydrogen) atoms. The number of benzene rings is 2. The summed E-state index contributed by atoms with van der Waals surface area (Å²) < 4.78 is 5.09. The van der Waals surface area contributed by atoms with Gasteiger partial charge in [-0.1, -0.05) is 36.4 Å². The van der Waals surface area contributed by atoms with Crippen LogP contribution in [-0.2, 0) is 0 Å². The molecule has 1 aliphatic rings. The molecule has 2 N–H and O–H groups in total. The van der Waals surface area contributed by atoms with Crippen molar-refractivity contribution in [3.05, 3.63) is 89.9 Å². The maximum atomic E-state index is 12.8. The van der Waals surface area contributed by atoms with Gasteiger partial charge in [-0.25, -0.2) is 0 Å². The fourth-order valence-electron chi connectivity index (χ4n) is 3.13. The van der Waals surface area contributed by atoms with E-state index >= 15 is 0 Å². The largest absolute Gasteiger partial charge is 0.459 e. The third-order valence-corrected chi connectivity index (χ3v) is 4.67. The second kappa shape index (κ2) is 7.50. The number of hydrogen-bond donors (Lipinski definition) is 2. The molecule has 1 saturated carbocycles. The van der Waals surface area contributed by atoms with Gasteiger partial charge in [0, 0.05) is 11.3 Å². The molecular formula is C22H20N2O3. The van der Waals surface area contributed by atoms with E-state index in [1.54, 1.807) is 36.4 Å². The third-order valence-electron chi connectivity index (χ3n) is 4.67. The van der Waals surface area contributed by atoms with Crippen molar-refractivity contribution in [2.45, 2.75) is 18.9 Å². The van der Waals surface area contributed by atoms with Crippen molar-refractivity contribution in [3.63, 3.8) is 0 Å². The summed E-state index contributed by atoms with van der Waals surface area (Å²) in [5, 5.41) is 5.90. The summed E-state index contributed by atoms with van der Waals surface area (Å²) in [7, 11) is 0. The summed E-state index contributed by atoms with van der Waals surface area (Å²) in [5.74, 6) is 0.212. The Morgan fingerprint density at radius 1 is 0.926 bits per heavy atom. The summed E-state index contributed by atoms with van der Waals surface area (Å²) in [4.78, 5) is 24.9. The Morgan fingerprint density at radius 2 is 1.74 bits per heavy atom. The minimum atomic E-state index is -0.349. The second-order valence-corrected chi connectivity index (χ2v) is 6.71. The zero-order valence-electron chi connectivity index (χ0n) is 14.7. The van der Waals surface area contributed by atoms with Gasteiger partial charge in [-0.15, -0.1) is 0 Å². The lowest BCUT2D eigenvalue weighted by Gasteiger charge is -2.19.